The highest BCUT2D eigenvalue weighted by molar-refractivity contribution is 5.89. The van der Waals surface area contributed by atoms with Crippen molar-refractivity contribution in [1.29, 1.82) is 0 Å². The van der Waals surface area contributed by atoms with Gasteiger partial charge in [0.25, 0.3) is 0 Å². The van der Waals surface area contributed by atoms with Gasteiger partial charge in [0.15, 0.2) is 0 Å². The standard InChI is InChI=1S/C28H28O4/c1-27-12-17-8-18(13-27)15-28(14-17,16-27)24-11-22(5-7-25(24)29)19-2-3-21-10-23(32-26(30)31)6-4-20(21)9-19/h2-7,9-11,17-18,29H,8,12-16H2,1H3,(H,30,31). The molecule has 0 heterocycles. The molecular weight excluding hydrogens is 400 g/mol. The number of fused-ring (bicyclic) bond motifs is 1. The molecule has 164 valence electrons. The number of benzene rings is 3. The maximum absolute atomic E-state index is 10.9. The number of ether oxygens (including phenoxy) is 1. The number of aromatic hydroxyl groups is 1. The molecule has 0 aliphatic heterocycles. The first-order chi connectivity index (χ1) is 15.3. The Hall–Kier alpha value is -3.01. The van der Waals surface area contributed by atoms with Crippen molar-refractivity contribution < 1.29 is 19.7 Å². The van der Waals surface area contributed by atoms with E-state index < -0.39 is 6.16 Å². The van der Waals surface area contributed by atoms with Gasteiger partial charge < -0.3 is 14.9 Å². The lowest BCUT2D eigenvalue weighted by Gasteiger charge is -2.61. The molecule has 4 aliphatic rings. The number of hydrogen-bond acceptors (Lipinski definition) is 3. The molecule has 4 saturated carbocycles. The van der Waals surface area contributed by atoms with Gasteiger partial charge >= 0.3 is 6.16 Å². The van der Waals surface area contributed by atoms with Crippen LogP contribution in [0.25, 0.3) is 21.9 Å². The van der Waals surface area contributed by atoms with Gasteiger partial charge in [-0.05, 0) is 108 Å². The van der Waals surface area contributed by atoms with Crippen LogP contribution < -0.4 is 4.74 Å². The van der Waals surface area contributed by atoms with E-state index in [-0.39, 0.29) is 5.41 Å². The molecule has 0 spiro atoms. The molecule has 0 radical (unpaired) electrons. The van der Waals surface area contributed by atoms with Crippen molar-refractivity contribution in [2.45, 2.75) is 50.9 Å². The Balaban J connectivity index is 1.39. The highest BCUT2D eigenvalue weighted by atomic mass is 16.7. The van der Waals surface area contributed by atoms with Crippen LogP contribution in [0.15, 0.2) is 54.6 Å². The largest absolute Gasteiger partial charge is 0.511 e. The van der Waals surface area contributed by atoms with Gasteiger partial charge in [-0.25, -0.2) is 4.79 Å². The molecule has 0 aromatic heterocycles. The minimum atomic E-state index is -1.31. The number of phenolic OH excluding ortho intramolecular Hbond substituents is 1. The summed E-state index contributed by atoms with van der Waals surface area (Å²) < 4.78 is 4.78. The van der Waals surface area contributed by atoms with Gasteiger partial charge in [0.1, 0.15) is 11.5 Å². The third-order valence-electron chi connectivity index (χ3n) is 8.27. The maximum atomic E-state index is 10.9. The summed E-state index contributed by atoms with van der Waals surface area (Å²) in [6.07, 6.45) is 6.37. The zero-order valence-corrected chi connectivity index (χ0v) is 18.3. The van der Waals surface area contributed by atoms with Crippen LogP contribution in [0, 0.1) is 17.3 Å². The Labute approximate surface area is 187 Å². The second-order valence-corrected chi connectivity index (χ2v) is 10.9. The van der Waals surface area contributed by atoms with E-state index in [1.165, 1.54) is 38.5 Å². The number of carbonyl (C=O) groups is 1. The van der Waals surface area contributed by atoms with Crippen molar-refractivity contribution in [1.82, 2.24) is 0 Å². The number of phenols is 1. The third-order valence-corrected chi connectivity index (χ3v) is 8.27. The van der Waals surface area contributed by atoms with Crippen LogP contribution in [0.3, 0.4) is 0 Å². The van der Waals surface area contributed by atoms with Crippen LogP contribution in [0.2, 0.25) is 0 Å². The monoisotopic (exact) mass is 428 g/mol. The normalized spacial score (nSPS) is 30.5. The SMILES string of the molecule is CC12CC3CC(C1)CC(c1cc(-c4ccc5cc(OC(=O)O)ccc5c4)ccc1O)(C3)C2. The van der Waals surface area contributed by atoms with E-state index in [1.54, 1.807) is 12.1 Å². The molecule has 0 saturated heterocycles. The smallest absolute Gasteiger partial charge is 0.508 e. The Bertz CT molecular complexity index is 1230. The lowest BCUT2D eigenvalue weighted by Crippen LogP contribution is -2.52. The molecule has 4 aliphatic carbocycles. The Kier molecular flexibility index (Phi) is 4.14. The fourth-order valence-corrected chi connectivity index (χ4v) is 7.74. The van der Waals surface area contributed by atoms with Crippen LogP contribution in [0.5, 0.6) is 11.5 Å². The molecule has 7 rings (SSSR count). The molecule has 2 unspecified atom stereocenters. The van der Waals surface area contributed by atoms with Gasteiger partial charge in [0, 0.05) is 11.0 Å². The maximum Gasteiger partial charge on any atom is 0.511 e. The van der Waals surface area contributed by atoms with Crippen LogP contribution in [0.4, 0.5) is 4.79 Å². The van der Waals surface area contributed by atoms with Crippen molar-refractivity contribution in [3.8, 4) is 22.6 Å². The van der Waals surface area contributed by atoms with Crippen molar-refractivity contribution in [2.24, 2.45) is 17.3 Å². The molecule has 4 heteroatoms. The van der Waals surface area contributed by atoms with Crippen LogP contribution in [0.1, 0.15) is 51.0 Å². The quantitative estimate of drug-likeness (QED) is 0.344. The van der Waals surface area contributed by atoms with Crippen molar-refractivity contribution in [3.05, 3.63) is 60.2 Å². The number of rotatable bonds is 3. The first-order valence-electron chi connectivity index (χ1n) is 11.6. The van der Waals surface area contributed by atoms with E-state index in [4.69, 9.17) is 9.84 Å². The van der Waals surface area contributed by atoms with E-state index in [0.717, 1.165) is 39.3 Å². The summed E-state index contributed by atoms with van der Waals surface area (Å²) in [4.78, 5) is 10.8. The molecule has 0 amide bonds. The lowest BCUT2D eigenvalue weighted by atomic mass is 9.43. The Morgan fingerprint density at radius 1 is 0.906 bits per heavy atom. The van der Waals surface area contributed by atoms with Crippen molar-refractivity contribution in [3.63, 3.8) is 0 Å². The average Bonchev–Trinajstić information content (AvgIpc) is 2.71. The fraction of sp³-hybridized carbons (Fsp3) is 0.393. The van der Waals surface area contributed by atoms with E-state index >= 15 is 0 Å². The topological polar surface area (TPSA) is 66.8 Å². The molecule has 3 aromatic carbocycles. The molecule has 4 bridgehead atoms. The Morgan fingerprint density at radius 2 is 1.56 bits per heavy atom. The number of carboxylic acid groups (broad SMARTS) is 1. The summed E-state index contributed by atoms with van der Waals surface area (Å²) in [5.74, 6) is 2.36. The van der Waals surface area contributed by atoms with Gasteiger partial charge in [0.05, 0.1) is 0 Å². The van der Waals surface area contributed by atoms with Gasteiger partial charge in [-0.3, -0.25) is 0 Å². The van der Waals surface area contributed by atoms with E-state index in [9.17, 15) is 9.90 Å². The zero-order chi connectivity index (χ0) is 22.1. The van der Waals surface area contributed by atoms with E-state index in [2.05, 4.69) is 25.1 Å². The molecule has 3 aromatic rings. The highest BCUT2D eigenvalue weighted by Crippen LogP contribution is 2.66. The van der Waals surface area contributed by atoms with Gasteiger partial charge in [-0.1, -0.05) is 31.2 Å². The second kappa shape index (κ2) is 6.74. The Morgan fingerprint density at radius 3 is 2.28 bits per heavy atom. The number of hydrogen-bond donors (Lipinski definition) is 2. The summed E-state index contributed by atoms with van der Waals surface area (Å²) in [5, 5.41) is 21.7. The summed E-state index contributed by atoms with van der Waals surface area (Å²) in [5.41, 5.74) is 3.89. The minimum absolute atomic E-state index is 0.110. The summed E-state index contributed by atoms with van der Waals surface area (Å²) in [6, 6.07) is 17.6. The van der Waals surface area contributed by atoms with Crippen LogP contribution in [-0.4, -0.2) is 16.4 Å². The molecule has 32 heavy (non-hydrogen) atoms. The predicted molar refractivity (Wildman–Crippen MR) is 124 cm³/mol. The van der Waals surface area contributed by atoms with E-state index in [0.29, 0.717) is 16.9 Å². The van der Waals surface area contributed by atoms with Gasteiger partial charge in [0.2, 0.25) is 0 Å². The molecular formula is C28H28O4. The van der Waals surface area contributed by atoms with E-state index in [1.807, 2.05) is 24.3 Å². The summed E-state index contributed by atoms with van der Waals surface area (Å²) in [6.45, 7) is 2.46. The molecule has 4 nitrogen and oxygen atoms in total. The predicted octanol–water partition coefficient (Wildman–Crippen LogP) is 7.13. The summed E-state index contributed by atoms with van der Waals surface area (Å²) in [7, 11) is 0. The molecule has 2 N–H and O–H groups in total. The molecule has 4 fully saturated rings. The first kappa shape index (κ1) is 19.7. The average molecular weight is 429 g/mol. The fourth-order valence-electron chi connectivity index (χ4n) is 7.74. The summed E-state index contributed by atoms with van der Waals surface area (Å²) >= 11 is 0. The van der Waals surface area contributed by atoms with Crippen LogP contribution in [-0.2, 0) is 5.41 Å². The van der Waals surface area contributed by atoms with Gasteiger partial charge in [-0.15, -0.1) is 0 Å². The lowest BCUT2D eigenvalue weighted by molar-refractivity contribution is -0.0621. The van der Waals surface area contributed by atoms with Crippen LogP contribution >= 0.6 is 0 Å². The van der Waals surface area contributed by atoms with Crippen molar-refractivity contribution >= 4 is 16.9 Å². The second-order valence-electron chi connectivity index (χ2n) is 10.9. The van der Waals surface area contributed by atoms with Gasteiger partial charge in [-0.2, -0.15) is 0 Å². The first-order valence-corrected chi connectivity index (χ1v) is 11.6. The zero-order valence-electron chi connectivity index (χ0n) is 18.3. The minimum Gasteiger partial charge on any atom is -0.508 e. The highest BCUT2D eigenvalue weighted by Gasteiger charge is 2.56. The third kappa shape index (κ3) is 3.16. The molecule has 2 atom stereocenters. The van der Waals surface area contributed by atoms with Crippen molar-refractivity contribution in [2.75, 3.05) is 0 Å².